The highest BCUT2D eigenvalue weighted by atomic mass is 16.5. The average Bonchev–Trinajstić information content (AvgIpc) is 2.89. The third kappa shape index (κ3) is 3.95. The fourth-order valence-electron chi connectivity index (χ4n) is 2.74. The molecule has 1 aromatic carbocycles. The Morgan fingerprint density at radius 2 is 2.05 bits per heavy atom. The predicted octanol–water partition coefficient (Wildman–Crippen LogP) is 3.10. The van der Waals surface area contributed by atoms with E-state index in [4.69, 9.17) is 15.2 Å². The Morgan fingerprint density at radius 1 is 1.32 bits per heavy atom. The first-order valence-corrected chi connectivity index (χ1v) is 7.25. The van der Waals surface area contributed by atoms with E-state index in [0.717, 1.165) is 31.8 Å². The van der Waals surface area contributed by atoms with Gasteiger partial charge in [0.1, 0.15) is 5.75 Å². The molecule has 19 heavy (non-hydrogen) atoms. The van der Waals surface area contributed by atoms with Gasteiger partial charge in [-0.1, -0.05) is 12.1 Å². The van der Waals surface area contributed by atoms with Gasteiger partial charge in [0, 0.05) is 13.2 Å². The largest absolute Gasteiger partial charge is 0.493 e. The fraction of sp³-hybridized carbons (Fsp3) is 0.625. The zero-order valence-corrected chi connectivity index (χ0v) is 12.1. The number of aryl methyl sites for hydroxylation is 2. The second-order valence-electron chi connectivity index (χ2n) is 5.39. The molecule has 1 aromatic rings. The van der Waals surface area contributed by atoms with Crippen LogP contribution in [0.3, 0.4) is 0 Å². The first-order valence-electron chi connectivity index (χ1n) is 7.25. The minimum absolute atomic E-state index is 0.463. The second kappa shape index (κ2) is 6.92. The molecular formula is C16H25NO2. The monoisotopic (exact) mass is 263 g/mol. The van der Waals surface area contributed by atoms with Crippen LogP contribution in [0, 0.1) is 13.8 Å². The van der Waals surface area contributed by atoms with Crippen LogP contribution >= 0.6 is 0 Å². The lowest BCUT2D eigenvalue weighted by molar-refractivity contribution is 0.0980. The second-order valence-corrected chi connectivity index (χ2v) is 5.39. The topological polar surface area (TPSA) is 44.5 Å². The normalized spacial score (nSPS) is 18.8. The molecule has 1 unspecified atom stereocenters. The molecule has 3 nitrogen and oxygen atoms in total. The number of rotatable bonds is 6. The summed E-state index contributed by atoms with van der Waals surface area (Å²) in [5.74, 6) is 1.02. The third-order valence-electron chi connectivity index (χ3n) is 3.70. The van der Waals surface area contributed by atoms with Crippen LogP contribution in [0.5, 0.6) is 5.75 Å². The lowest BCUT2D eigenvalue weighted by Crippen LogP contribution is -2.08. The van der Waals surface area contributed by atoms with Gasteiger partial charge < -0.3 is 15.2 Å². The molecule has 1 atom stereocenters. The Morgan fingerprint density at radius 3 is 2.63 bits per heavy atom. The molecule has 2 rings (SSSR count). The minimum Gasteiger partial charge on any atom is -0.493 e. The Balaban J connectivity index is 1.81. The van der Waals surface area contributed by atoms with E-state index in [1.807, 2.05) is 0 Å². The van der Waals surface area contributed by atoms with Gasteiger partial charge in [0.2, 0.25) is 0 Å². The molecule has 0 aromatic heterocycles. The van der Waals surface area contributed by atoms with Crippen molar-refractivity contribution >= 4 is 0 Å². The maximum atomic E-state index is 5.93. The molecule has 1 heterocycles. The van der Waals surface area contributed by atoms with Crippen LogP contribution in [0.15, 0.2) is 12.1 Å². The van der Waals surface area contributed by atoms with Crippen LogP contribution in [0.1, 0.15) is 42.4 Å². The van der Waals surface area contributed by atoms with Gasteiger partial charge in [-0.05, 0) is 56.2 Å². The first-order chi connectivity index (χ1) is 9.20. The number of nitrogens with two attached hydrogens (primary N) is 1. The van der Waals surface area contributed by atoms with Crippen molar-refractivity contribution < 1.29 is 9.47 Å². The highest BCUT2D eigenvalue weighted by Gasteiger charge is 2.14. The van der Waals surface area contributed by atoms with Crippen molar-refractivity contribution in [1.29, 1.82) is 0 Å². The highest BCUT2D eigenvalue weighted by molar-refractivity contribution is 5.43. The number of ether oxygens (including phenoxy) is 2. The smallest absolute Gasteiger partial charge is 0.125 e. The lowest BCUT2D eigenvalue weighted by atomic mass is 10.1. The van der Waals surface area contributed by atoms with E-state index in [-0.39, 0.29) is 0 Å². The van der Waals surface area contributed by atoms with Crippen molar-refractivity contribution in [2.45, 2.75) is 52.2 Å². The molecule has 0 bridgehead atoms. The molecule has 2 N–H and O–H groups in total. The van der Waals surface area contributed by atoms with Crippen molar-refractivity contribution in [1.82, 2.24) is 0 Å². The van der Waals surface area contributed by atoms with Crippen molar-refractivity contribution in [3.8, 4) is 5.75 Å². The highest BCUT2D eigenvalue weighted by Crippen LogP contribution is 2.25. The zero-order valence-electron chi connectivity index (χ0n) is 12.1. The van der Waals surface area contributed by atoms with Gasteiger partial charge in [0.05, 0.1) is 12.7 Å². The molecule has 106 valence electrons. The third-order valence-corrected chi connectivity index (χ3v) is 3.70. The zero-order chi connectivity index (χ0) is 13.7. The van der Waals surface area contributed by atoms with E-state index < -0.39 is 0 Å². The first kappa shape index (κ1) is 14.4. The molecule has 0 aliphatic carbocycles. The summed E-state index contributed by atoms with van der Waals surface area (Å²) in [6, 6.07) is 4.23. The maximum absolute atomic E-state index is 5.93. The van der Waals surface area contributed by atoms with E-state index in [1.165, 1.54) is 29.5 Å². The fourth-order valence-corrected chi connectivity index (χ4v) is 2.74. The van der Waals surface area contributed by atoms with Crippen molar-refractivity contribution in [3.05, 3.63) is 28.8 Å². The van der Waals surface area contributed by atoms with Gasteiger partial charge in [-0.3, -0.25) is 0 Å². The summed E-state index contributed by atoms with van der Waals surface area (Å²) in [6.45, 7) is 6.46. The Bertz CT molecular complexity index is 388. The van der Waals surface area contributed by atoms with Gasteiger partial charge >= 0.3 is 0 Å². The van der Waals surface area contributed by atoms with Crippen LogP contribution in [-0.2, 0) is 11.3 Å². The van der Waals surface area contributed by atoms with Crippen LogP contribution < -0.4 is 10.5 Å². The maximum Gasteiger partial charge on any atom is 0.125 e. The van der Waals surface area contributed by atoms with Gasteiger partial charge in [0.25, 0.3) is 0 Å². The summed E-state index contributed by atoms with van der Waals surface area (Å²) in [5, 5.41) is 0. The molecular weight excluding hydrogens is 238 g/mol. The number of benzene rings is 1. The van der Waals surface area contributed by atoms with Crippen molar-refractivity contribution in [2.24, 2.45) is 5.73 Å². The predicted molar refractivity (Wildman–Crippen MR) is 77.5 cm³/mol. The van der Waals surface area contributed by atoms with E-state index in [0.29, 0.717) is 12.6 Å². The molecule has 0 radical (unpaired) electrons. The summed E-state index contributed by atoms with van der Waals surface area (Å²) < 4.78 is 11.5. The standard InChI is InChI=1S/C16H25NO2/c1-12-9-14(11-17)10-13(2)16(12)19-8-4-6-15-5-3-7-18-15/h9-10,15H,3-8,11,17H2,1-2H3. The van der Waals surface area contributed by atoms with Crippen molar-refractivity contribution in [2.75, 3.05) is 13.2 Å². The van der Waals surface area contributed by atoms with Crippen LogP contribution in [0.25, 0.3) is 0 Å². The molecule has 1 fully saturated rings. The molecule has 1 aliphatic rings. The molecule has 3 heteroatoms. The Kier molecular flexibility index (Phi) is 5.23. The SMILES string of the molecule is Cc1cc(CN)cc(C)c1OCCCC1CCCO1. The summed E-state index contributed by atoms with van der Waals surface area (Å²) in [4.78, 5) is 0. The van der Waals surface area contributed by atoms with Gasteiger partial charge in [-0.15, -0.1) is 0 Å². The Hall–Kier alpha value is -1.06. The van der Waals surface area contributed by atoms with Crippen LogP contribution in [0.2, 0.25) is 0 Å². The van der Waals surface area contributed by atoms with Crippen molar-refractivity contribution in [3.63, 3.8) is 0 Å². The molecule has 1 saturated heterocycles. The van der Waals surface area contributed by atoms with E-state index in [2.05, 4.69) is 26.0 Å². The molecule has 0 saturated carbocycles. The summed E-state index contributed by atoms with van der Waals surface area (Å²) in [7, 11) is 0. The van der Waals surface area contributed by atoms with E-state index in [9.17, 15) is 0 Å². The Labute approximate surface area is 116 Å². The summed E-state index contributed by atoms with van der Waals surface area (Å²) >= 11 is 0. The van der Waals surface area contributed by atoms with Crippen LogP contribution in [0.4, 0.5) is 0 Å². The van der Waals surface area contributed by atoms with Gasteiger partial charge in [0.15, 0.2) is 0 Å². The summed E-state index contributed by atoms with van der Waals surface area (Å²) in [5.41, 5.74) is 9.20. The minimum atomic E-state index is 0.463. The van der Waals surface area contributed by atoms with E-state index in [1.54, 1.807) is 0 Å². The van der Waals surface area contributed by atoms with Gasteiger partial charge in [-0.2, -0.15) is 0 Å². The van der Waals surface area contributed by atoms with E-state index >= 15 is 0 Å². The summed E-state index contributed by atoms with van der Waals surface area (Å²) in [6.07, 6.45) is 5.06. The van der Waals surface area contributed by atoms with Gasteiger partial charge in [-0.25, -0.2) is 0 Å². The number of hydrogen-bond donors (Lipinski definition) is 1. The molecule has 0 spiro atoms. The average molecular weight is 263 g/mol. The lowest BCUT2D eigenvalue weighted by Gasteiger charge is -2.14. The number of hydrogen-bond acceptors (Lipinski definition) is 3. The van der Waals surface area contributed by atoms with Crippen LogP contribution in [-0.4, -0.2) is 19.3 Å². The molecule has 0 amide bonds. The molecule has 1 aliphatic heterocycles. The quantitative estimate of drug-likeness (QED) is 0.802.